The summed E-state index contributed by atoms with van der Waals surface area (Å²) in [5.41, 5.74) is 4.12. The fourth-order valence-electron chi connectivity index (χ4n) is 3.29. The number of ether oxygens (including phenoxy) is 1. The number of aryl methyl sites for hydroxylation is 1. The van der Waals surface area contributed by atoms with Crippen LogP contribution in [0, 0.1) is 0 Å². The molecular formula is C20H24N4O2. The Bertz CT molecular complexity index is 833. The third-order valence-corrected chi connectivity index (χ3v) is 5.00. The van der Waals surface area contributed by atoms with E-state index < -0.39 is 0 Å². The highest BCUT2D eigenvalue weighted by Crippen LogP contribution is 2.27. The molecule has 4 rings (SSSR count). The molecule has 1 aliphatic carbocycles. The lowest BCUT2D eigenvalue weighted by molar-refractivity contribution is 0.0600. The maximum atomic E-state index is 11.7. The van der Waals surface area contributed by atoms with Gasteiger partial charge in [-0.2, -0.15) is 4.98 Å². The van der Waals surface area contributed by atoms with Crippen LogP contribution in [0.25, 0.3) is 0 Å². The van der Waals surface area contributed by atoms with Gasteiger partial charge in [-0.25, -0.2) is 9.78 Å². The maximum Gasteiger partial charge on any atom is 0.337 e. The molecule has 26 heavy (non-hydrogen) atoms. The van der Waals surface area contributed by atoms with E-state index in [2.05, 4.69) is 28.2 Å². The number of hydrogen-bond acceptors (Lipinski definition) is 6. The van der Waals surface area contributed by atoms with E-state index in [1.165, 1.54) is 31.1 Å². The van der Waals surface area contributed by atoms with Gasteiger partial charge in [-0.1, -0.05) is 13.0 Å². The molecule has 0 saturated heterocycles. The van der Waals surface area contributed by atoms with Crippen LogP contribution < -0.4 is 10.2 Å². The number of benzene rings is 1. The Morgan fingerprint density at radius 1 is 1.27 bits per heavy atom. The third kappa shape index (κ3) is 3.49. The molecule has 2 aliphatic rings. The van der Waals surface area contributed by atoms with Gasteiger partial charge < -0.3 is 15.0 Å². The first kappa shape index (κ1) is 16.8. The van der Waals surface area contributed by atoms with Crippen molar-refractivity contribution in [3.8, 4) is 0 Å². The van der Waals surface area contributed by atoms with Crippen LogP contribution in [-0.2, 0) is 24.1 Å². The zero-order chi connectivity index (χ0) is 18.1. The van der Waals surface area contributed by atoms with Crippen molar-refractivity contribution >= 4 is 17.7 Å². The maximum absolute atomic E-state index is 11.7. The summed E-state index contributed by atoms with van der Waals surface area (Å²) >= 11 is 0. The molecule has 0 radical (unpaired) electrons. The van der Waals surface area contributed by atoms with E-state index in [1.807, 2.05) is 18.2 Å². The fourth-order valence-corrected chi connectivity index (χ4v) is 3.29. The molecule has 136 valence electrons. The quantitative estimate of drug-likeness (QED) is 0.835. The lowest BCUT2D eigenvalue weighted by Crippen LogP contribution is -2.31. The smallest absolute Gasteiger partial charge is 0.337 e. The first-order valence-electron chi connectivity index (χ1n) is 9.26. The number of aromatic nitrogens is 2. The Morgan fingerprint density at radius 2 is 2.12 bits per heavy atom. The van der Waals surface area contributed by atoms with E-state index >= 15 is 0 Å². The summed E-state index contributed by atoms with van der Waals surface area (Å²) in [6.45, 7) is 3.79. The van der Waals surface area contributed by atoms with Crippen LogP contribution in [0.4, 0.5) is 11.8 Å². The summed E-state index contributed by atoms with van der Waals surface area (Å²) in [5, 5.41) is 3.42. The number of methoxy groups -OCH3 is 1. The van der Waals surface area contributed by atoms with Gasteiger partial charge in [-0.05, 0) is 48.9 Å². The number of anilines is 2. The van der Waals surface area contributed by atoms with Gasteiger partial charge in [-0.3, -0.25) is 0 Å². The second-order valence-corrected chi connectivity index (χ2v) is 6.96. The Balaban J connectivity index is 1.57. The van der Waals surface area contributed by atoms with Gasteiger partial charge in [0, 0.05) is 30.9 Å². The van der Waals surface area contributed by atoms with Crippen molar-refractivity contribution in [3.63, 3.8) is 0 Å². The van der Waals surface area contributed by atoms with Crippen molar-refractivity contribution < 1.29 is 9.53 Å². The second kappa shape index (κ2) is 6.94. The Morgan fingerprint density at radius 3 is 2.85 bits per heavy atom. The third-order valence-electron chi connectivity index (χ3n) is 5.00. The minimum absolute atomic E-state index is 0.283. The number of hydrogen-bond donors (Lipinski definition) is 1. The summed E-state index contributed by atoms with van der Waals surface area (Å²) in [6, 6.07) is 8.45. The van der Waals surface area contributed by atoms with Gasteiger partial charge in [-0.15, -0.1) is 0 Å². The van der Waals surface area contributed by atoms with Crippen molar-refractivity contribution in [2.24, 2.45) is 0 Å². The van der Waals surface area contributed by atoms with Crippen LogP contribution in [0.2, 0.25) is 0 Å². The van der Waals surface area contributed by atoms with Gasteiger partial charge in [0.25, 0.3) is 0 Å². The number of carbonyl (C=O) groups excluding carboxylic acids is 1. The number of rotatable bonds is 5. The molecule has 0 atom stereocenters. The molecule has 0 spiro atoms. The Kier molecular flexibility index (Phi) is 4.49. The highest BCUT2D eigenvalue weighted by atomic mass is 16.5. The number of nitrogens with zero attached hydrogens (tertiary/aromatic N) is 3. The van der Waals surface area contributed by atoms with Crippen LogP contribution in [0.3, 0.4) is 0 Å². The van der Waals surface area contributed by atoms with Gasteiger partial charge >= 0.3 is 5.97 Å². The van der Waals surface area contributed by atoms with Crippen molar-refractivity contribution in [1.29, 1.82) is 0 Å². The highest BCUT2D eigenvalue weighted by molar-refractivity contribution is 5.89. The Labute approximate surface area is 153 Å². The number of fused-ring (bicyclic) bond motifs is 1. The minimum atomic E-state index is -0.283. The molecular weight excluding hydrogens is 328 g/mol. The number of nitrogens with one attached hydrogen (secondary N) is 1. The molecule has 1 aromatic carbocycles. The van der Waals surface area contributed by atoms with Crippen molar-refractivity contribution in [1.82, 2.24) is 9.97 Å². The molecule has 1 N–H and O–H groups in total. The summed E-state index contributed by atoms with van der Waals surface area (Å²) < 4.78 is 4.82. The highest BCUT2D eigenvalue weighted by Gasteiger charge is 2.24. The molecule has 0 unspecified atom stereocenters. The first-order valence-corrected chi connectivity index (χ1v) is 9.26. The molecule has 6 nitrogen and oxygen atoms in total. The molecule has 0 amide bonds. The summed E-state index contributed by atoms with van der Waals surface area (Å²) in [7, 11) is 1.41. The van der Waals surface area contributed by atoms with Crippen molar-refractivity contribution in [3.05, 3.63) is 46.6 Å². The number of esters is 1. The number of carbonyl (C=O) groups is 1. The van der Waals surface area contributed by atoms with E-state index in [4.69, 9.17) is 9.72 Å². The van der Waals surface area contributed by atoms with E-state index in [1.54, 1.807) is 0 Å². The molecule has 0 bridgehead atoms. The van der Waals surface area contributed by atoms with Crippen LogP contribution >= 0.6 is 0 Å². The molecule has 1 fully saturated rings. The molecule has 1 aromatic heterocycles. The lowest BCUT2D eigenvalue weighted by Gasteiger charge is -2.30. The molecule has 2 heterocycles. The van der Waals surface area contributed by atoms with Crippen LogP contribution in [0.5, 0.6) is 0 Å². The average molecular weight is 352 g/mol. The monoisotopic (exact) mass is 352 g/mol. The van der Waals surface area contributed by atoms with Crippen LogP contribution in [0.1, 0.15) is 46.9 Å². The van der Waals surface area contributed by atoms with E-state index in [-0.39, 0.29) is 5.97 Å². The topological polar surface area (TPSA) is 67.4 Å². The molecule has 6 heteroatoms. The lowest BCUT2D eigenvalue weighted by atomic mass is 9.97. The average Bonchev–Trinajstić information content (AvgIpc) is 3.50. The van der Waals surface area contributed by atoms with Crippen molar-refractivity contribution in [2.45, 2.75) is 45.2 Å². The van der Waals surface area contributed by atoms with Gasteiger partial charge in [0.1, 0.15) is 5.82 Å². The normalized spacial score (nSPS) is 16.2. The standard InChI is InChI=1S/C20H24N4O2/c1-3-16-11-18(23-20(21-16)22-17-6-7-17)24-9-8-13-10-14(19(25)26-2)4-5-15(13)12-24/h4-5,10-11,17H,3,6-9,12H2,1-2H3,(H,21,22,23). The van der Waals surface area contributed by atoms with E-state index in [9.17, 15) is 4.79 Å². The minimum Gasteiger partial charge on any atom is -0.465 e. The van der Waals surface area contributed by atoms with Crippen LogP contribution in [-0.4, -0.2) is 35.6 Å². The largest absolute Gasteiger partial charge is 0.465 e. The van der Waals surface area contributed by atoms with Crippen molar-refractivity contribution in [2.75, 3.05) is 23.9 Å². The SMILES string of the molecule is CCc1cc(N2CCc3cc(C(=O)OC)ccc3C2)nc(NC2CC2)n1. The second-order valence-electron chi connectivity index (χ2n) is 6.96. The van der Waals surface area contributed by atoms with E-state index in [0.29, 0.717) is 11.6 Å². The summed E-state index contributed by atoms with van der Waals surface area (Å²) in [4.78, 5) is 23.4. The van der Waals surface area contributed by atoms with Crippen LogP contribution in [0.15, 0.2) is 24.3 Å². The molecule has 2 aromatic rings. The predicted molar refractivity (Wildman–Crippen MR) is 101 cm³/mol. The summed E-state index contributed by atoms with van der Waals surface area (Å²) in [5.74, 6) is 1.44. The van der Waals surface area contributed by atoms with Gasteiger partial charge in [0.05, 0.1) is 12.7 Å². The zero-order valence-corrected chi connectivity index (χ0v) is 15.3. The molecule has 1 aliphatic heterocycles. The first-order chi connectivity index (χ1) is 12.7. The van der Waals surface area contributed by atoms with Gasteiger partial charge in [0.15, 0.2) is 0 Å². The van der Waals surface area contributed by atoms with Gasteiger partial charge in [0.2, 0.25) is 5.95 Å². The summed E-state index contributed by atoms with van der Waals surface area (Å²) in [6.07, 6.45) is 4.18. The Hall–Kier alpha value is -2.63. The fraction of sp³-hybridized carbons (Fsp3) is 0.450. The van der Waals surface area contributed by atoms with E-state index in [0.717, 1.165) is 43.4 Å². The zero-order valence-electron chi connectivity index (χ0n) is 15.3. The molecule has 1 saturated carbocycles. The predicted octanol–water partition coefficient (Wildman–Crippen LogP) is 2.96.